The highest BCUT2D eigenvalue weighted by atomic mass is 19.1. The molecule has 0 saturated heterocycles. The van der Waals surface area contributed by atoms with Crippen molar-refractivity contribution in [1.29, 1.82) is 0 Å². The Balaban J connectivity index is 1.40. The number of rotatable bonds is 6. The Morgan fingerprint density at radius 3 is 2.42 bits per heavy atom. The summed E-state index contributed by atoms with van der Waals surface area (Å²) in [7, 11) is 1.51. The summed E-state index contributed by atoms with van der Waals surface area (Å²) in [6, 6.07) is 12.5. The highest BCUT2D eigenvalue weighted by Crippen LogP contribution is 2.28. The van der Waals surface area contributed by atoms with Gasteiger partial charge in [0.2, 0.25) is 5.91 Å². The smallest absolute Gasteiger partial charge is 0.269 e. The van der Waals surface area contributed by atoms with Crippen molar-refractivity contribution in [2.24, 2.45) is 11.8 Å². The highest BCUT2D eigenvalue weighted by molar-refractivity contribution is 5.96. The van der Waals surface area contributed by atoms with Gasteiger partial charge in [0.05, 0.1) is 12.7 Å². The van der Waals surface area contributed by atoms with Crippen molar-refractivity contribution in [3.05, 3.63) is 65.5 Å². The lowest BCUT2D eigenvalue weighted by Crippen LogP contribution is -2.45. The quantitative estimate of drug-likeness (QED) is 0.618. The summed E-state index contributed by atoms with van der Waals surface area (Å²) in [5.41, 5.74) is 5.34. The first-order valence-corrected chi connectivity index (χ1v) is 10.2. The van der Waals surface area contributed by atoms with Crippen molar-refractivity contribution in [2.45, 2.75) is 25.7 Å². The average Bonchev–Trinajstić information content (AvgIpc) is 2.81. The summed E-state index contributed by atoms with van der Waals surface area (Å²) in [6.07, 6.45) is 2.83. The molecule has 2 aromatic carbocycles. The molecule has 164 valence electrons. The maximum absolute atomic E-state index is 13.7. The fourth-order valence-electron chi connectivity index (χ4n) is 3.66. The van der Waals surface area contributed by atoms with E-state index in [1.54, 1.807) is 30.3 Å². The van der Waals surface area contributed by atoms with Gasteiger partial charge in [-0.05, 0) is 61.9 Å². The topological polar surface area (TPSA) is 96.5 Å². The molecule has 0 bridgehead atoms. The molecule has 3 amide bonds. The molecule has 1 aliphatic rings. The minimum Gasteiger partial charge on any atom is -0.497 e. The monoisotopic (exact) mass is 427 g/mol. The zero-order valence-electron chi connectivity index (χ0n) is 17.3. The first kappa shape index (κ1) is 22.3. The average molecular weight is 427 g/mol. The van der Waals surface area contributed by atoms with Crippen LogP contribution in [0, 0.1) is 17.7 Å². The Morgan fingerprint density at radius 2 is 1.71 bits per heavy atom. The molecule has 1 fully saturated rings. The molecule has 8 heteroatoms. The summed E-state index contributed by atoms with van der Waals surface area (Å²) < 4.78 is 18.8. The predicted molar refractivity (Wildman–Crippen MR) is 113 cm³/mol. The zero-order chi connectivity index (χ0) is 22.2. The van der Waals surface area contributed by atoms with E-state index in [9.17, 15) is 18.8 Å². The third kappa shape index (κ3) is 6.04. The van der Waals surface area contributed by atoms with E-state index in [0.717, 1.165) is 12.8 Å². The molecule has 3 N–H and O–H groups in total. The molecule has 0 aromatic heterocycles. The van der Waals surface area contributed by atoms with E-state index in [1.165, 1.54) is 25.3 Å². The molecule has 0 atom stereocenters. The van der Waals surface area contributed by atoms with Crippen LogP contribution in [-0.4, -0.2) is 31.4 Å². The fraction of sp³-hybridized carbons (Fsp3) is 0.348. The number of halogens is 1. The molecule has 0 heterocycles. The lowest BCUT2D eigenvalue weighted by Gasteiger charge is -2.27. The normalized spacial score (nSPS) is 18.0. The largest absolute Gasteiger partial charge is 0.497 e. The van der Waals surface area contributed by atoms with Gasteiger partial charge in [-0.1, -0.05) is 18.2 Å². The van der Waals surface area contributed by atoms with E-state index in [0.29, 0.717) is 30.7 Å². The summed E-state index contributed by atoms with van der Waals surface area (Å²) in [6.45, 7) is 0.439. The number of benzene rings is 2. The molecular weight excluding hydrogens is 401 g/mol. The molecule has 2 aromatic rings. The van der Waals surface area contributed by atoms with Crippen LogP contribution < -0.4 is 20.9 Å². The minimum atomic E-state index is -0.545. The predicted octanol–water partition coefficient (Wildman–Crippen LogP) is 2.83. The molecule has 31 heavy (non-hydrogen) atoms. The Kier molecular flexibility index (Phi) is 7.59. The van der Waals surface area contributed by atoms with Gasteiger partial charge >= 0.3 is 0 Å². The second-order valence-electron chi connectivity index (χ2n) is 7.58. The van der Waals surface area contributed by atoms with Crippen LogP contribution in [0.1, 0.15) is 46.4 Å². The van der Waals surface area contributed by atoms with Crippen LogP contribution in [0.5, 0.6) is 5.75 Å². The van der Waals surface area contributed by atoms with Crippen LogP contribution in [0.25, 0.3) is 0 Å². The molecule has 0 aliphatic heterocycles. The first-order valence-electron chi connectivity index (χ1n) is 10.2. The number of hydrogen-bond acceptors (Lipinski definition) is 4. The van der Waals surface area contributed by atoms with E-state index in [4.69, 9.17) is 4.74 Å². The lowest BCUT2D eigenvalue weighted by molar-refractivity contribution is -0.127. The van der Waals surface area contributed by atoms with Crippen LogP contribution in [0.3, 0.4) is 0 Å². The van der Waals surface area contributed by atoms with E-state index >= 15 is 0 Å². The third-order valence-electron chi connectivity index (χ3n) is 5.52. The Morgan fingerprint density at radius 1 is 0.968 bits per heavy atom. The van der Waals surface area contributed by atoms with Gasteiger partial charge in [-0.15, -0.1) is 0 Å². The minimum absolute atomic E-state index is 0.0299. The number of carbonyl (C=O) groups excluding carboxylic acids is 3. The molecule has 0 unspecified atom stereocenters. The van der Waals surface area contributed by atoms with Gasteiger partial charge in [-0.25, -0.2) is 4.39 Å². The van der Waals surface area contributed by atoms with Gasteiger partial charge in [0.25, 0.3) is 11.8 Å². The number of hydrazine groups is 1. The number of hydrogen-bond donors (Lipinski definition) is 3. The summed E-state index contributed by atoms with van der Waals surface area (Å²) in [4.78, 5) is 36.7. The number of carbonyl (C=O) groups is 3. The van der Waals surface area contributed by atoms with Crippen molar-refractivity contribution < 1.29 is 23.5 Å². The first-order chi connectivity index (χ1) is 15.0. The zero-order valence-corrected chi connectivity index (χ0v) is 17.3. The Hall–Kier alpha value is -3.42. The summed E-state index contributed by atoms with van der Waals surface area (Å²) in [5.74, 6) is -1.05. The second kappa shape index (κ2) is 10.6. The van der Waals surface area contributed by atoms with Crippen LogP contribution in [0.15, 0.2) is 48.5 Å². The van der Waals surface area contributed by atoms with E-state index in [2.05, 4.69) is 16.2 Å². The molecule has 0 radical (unpaired) electrons. The standard InChI is InChI=1S/C23H26FN3O4/c1-31-18-6-4-5-17(13-18)22(29)27-26-21(28)16-11-9-15(10-12-16)14-25-23(30)19-7-2-3-8-20(19)24/h2-8,13,15-16H,9-12,14H2,1H3,(H,25,30)(H,26,28)(H,27,29). The van der Waals surface area contributed by atoms with Gasteiger partial charge in [-0.3, -0.25) is 25.2 Å². The van der Waals surface area contributed by atoms with Crippen molar-refractivity contribution in [3.8, 4) is 5.75 Å². The third-order valence-corrected chi connectivity index (χ3v) is 5.52. The van der Waals surface area contributed by atoms with Crippen LogP contribution in [-0.2, 0) is 4.79 Å². The van der Waals surface area contributed by atoms with Gasteiger partial charge in [0.1, 0.15) is 11.6 Å². The van der Waals surface area contributed by atoms with Crippen molar-refractivity contribution in [3.63, 3.8) is 0 Å². The van der Waals surface area contributed by atoms with Crippen LogP contribution >= 0.6 is 0 Å². The van der Waals surface area contributed by atoms with Crippen molar-refractivity contribution in [2.75, 3.05) is 13.7 Å². The van der Waals surface area contributed by atoms with Gasteiger partial charge in [0.15, 0.2) is 0 Å². The molecule has 1 aliphatic carbocycles. The van der Waals surface area contributed by atoms with E-state index in [-0.39, 0.29) is 23.3 Å². The van der Waals surface area contributed by atoms with Gasteiger partial charge in [-0.2, -0.15) is 0 Å². The van der Waals surface area contributed by atoms with E-state index in [1.807, 2.05) is 0 Å². The Labute approximate surface area is 180 Å². The Bertz CT molecular complexity index is 942. The summed E-state index contributed by atoms with van der Waals surface area (Å²) >= 11 is 0. The van der Waals surface area contributed by atoms with Gasteiger partial charge in [0, 0.05) is 18.0 Å². The molecule has 7 nitrogen and oxygen atoms in total. The highest BCUT2D eigenvalue weighted by Gasteiger charge is 2.27. The van der Waals surface area contributed by atoms with Crippen LogP contribution in [0.4, 0.5) is 4.39 Å². The molecule has 3 rings (SSSR count). The number of methoxy groups -OCH3 is 1. The number of nitrogens with one attached hydrogen (secondary N) is 3. The van der Waals surface area contributed by atoms with Crippen LogP contribution in [0.2, 0.25) is 0 Å². The van der Waals surface area contributed by atoms with Crippen molar-refractivity contribution in [1.82, 2.24) is 16.2 Å². The summed E-state index contributed by atoms with van der Waals surface area (Å²) in [5, 5.41) is 2.77. The molecule has 0 spiro atoms. The maximum Gasteiger partial charge on any atom is 0.269 e. The molecular formula is C23H26FN3O4. The van der Waals surface area contributed by atoms with Crippen molar-refractivity contribution >= 4 is 17.7 Å². The SMILES string of the molecule is COc1cccc(C(=O)NNC(=O)C2CCC(CNC(=O)c3ccccc3F)CC2)c1. The second-order valence-corrected chi connectivity index (χ2v) is 7.58. The number of ether oxygens (including phenoxy) is 1. The molecule has 1 saturated carbocycles. The lowest BCUT2D eigenvalue weighted by atomic mass is 9.81. The van der Waals surface area contributed by atoms with Gasteiger partial charge < -0.3 is 10.1 Å². The maximum atomic E-state index is 13.7. The number of amides is 3. The van der Waals surface area contributed by atoms with E-state index < -0.39 is 17.6 Å². The fourth-order valence-corrected chi connectivity index (χ4v) is 3.66.